The van der Waals surface area contributed by atoms with Crippen LogP contribution in [0.4, 0.5) is 30.2 Å². The second-order valence-electron chi connectivity index (χ2n) is 8.27. The van der Waals surface area contributed by atoms with Crippen LogP contribution in [0.2, 0.25) is 0 Å². The number of hydrogen-bond acceptors (Lipinski definition) is 10. The number of thioether (sulfide) groups is 2. The number of non-ortho nitro benzene ring substituents is 1. The maximum Gasteiger partial charge on any atom is 0.418 e. The predicted molar refractivity (Wildman–Crippen MR) is 156 cm³/mol. The molecule has 2 aromatic heterocycles. The van der Waals surface area contributed by atoms with Crippen LogP contribution in [0.5, 0.6) is 0 Å². The molecule has 0 fully saturated rings. The summed E-state index contributed by atoms with van der Waals surface area (Å²) in [7, 11) is 0. The van der Waals surface area contributed by atoms with Gasteiger partial charge in [0.2, 0.25) is 11.8 Å². The van der Waals surface area contributed by atoms with Crippen molar-refractivity contribution in [2.45, 2.75) is 14.9 Å². The first-order valence-electron chi connectivity index (χ1n) is 11.5. The average molecular weight is 636 g/mol. The molecule has 0 aliphatic heterocycles. The van der Waals surface area contributed by atoms with E-state index in [4.69, 9.17) is 0 Å². The summed E-state index contributed by atoms with van der Waals surface area (Å²) in [5.41, 5.74) is 0.570. The lowest BCUT2D eigenvalue weighted by atomic mass is 10.1. The summed E-state index contributed by atoms with van der Waals surface area (Å²) < 4.78 is 42.1. The van der Waals surface area contributed by atoms with E-state index in [1.807, 2.05) is 0 Å². The molecule has 0 bridgehead atoms. The van der Waals surface area contributed by atoms with Crippen LogP contribution in [0.1, 0.15) is 5.56 Å². The molecule has 2 amide bonds. The molecule has 0 unspecified atom stereocenters. The molecule has 5 rings (SSSR count). The standard InChI is InChI=1S/C25H16F3N5O4S4/c26-25(27,28)15-3-1-2-4-16(15)30-22(35)12-39-23-31-17-7-5-13(9-19(17)40-23)29-21(34)11-38-24-32-18-8-6-14(33(36)37)10-20(18)41-24/h1-10H,11-12H2,(H,29,34)(H,30,35). The van der Waals surface area contributed by atoms with Gasteiger partial charge in [0, 0.05) is 17.8 Å². The molecule has 41 heavy (non-hydrogen) atoms. The summed E-state index contributed by atoms with van der Waals surface area (Å²) in [6.45, 7) is 0. The van der Waals surface area contributed by atoms with Crippen LogP contribution >= 0.6 is 46.2 Å². The van der Waals surface area contributed by atoms with E-state index in [1.54, 1.807) is 24.3 Å². The van der Waals surface area contributed by atoms with E-state index in [9.17, 15) is 32.9 Å². The minimum atomic E-state index is -4.59. The number of anilines is 2. The van der Waals surface area contributed by atoms with Crippen LogP contribution < -0.4 is 10.6 Å². The number of benzene rings is 3. The summed E-state index contributed by atoms with van der Waals surface area (Å²) in [4.78, 5) is 44.2. The van der Waals surface area contributed by atoms with Crippen molar-refractivity contribution in [2.24, 2.45) is 0 Å². The lowest BCUT2D eigenvalue weighted by Crippen LogP contribution is -2.18. The Morgan fingerprint density at radius 3 is 2.07 bits per heavy atom. The van der Waals surface area contributed by atoms with E-state index in [2.05, 4.69) is 20.6 Å². The smallest absolute Gasteiger partial charge is 0.325 e. The van der Waals surface area contributed by atoms with Crippen molar-refractivity contribution in [3.63, 3.8) is 0 Å². The topological polar surface area (TPSA) is 127 Å². The third-order valence-corrected chi connectivity index (χ3v) is 9.70. The zero-order chi connectivity index (χ0) is 29.1. The fraction of sp³-hybridized carbons (Fsp3) is 0.120. The molecule has 0 spiro atoms. The van der Waals surface area contributed by atoms with Gasteiger partial charge in [-0.15, -0.1) is 22.7 Å². The highest BCUT2D eigenvalue weighted by atomic mass is 32.2. The Morgan fingerprint density at radius 1 is 0.854 bits per heavy atom. The number of amides is 2. The van der Waals surface area contributed by atoms with Gasteiger partial charge in [0.15, 0.2) is 8.68 Å². The molecule has 210 valence electrons. The Labute approximate surface area is 245 Å². The SMILES string of the molecule is O=C(CSc1nc2ccc([N+](=O)[O-])cc2s1)Nc1ccc2nc(SCC(=O)Nc3ccccc3C(F)(F)F)sc2c1. The molecule has 0 saturated carbocycles. The first-order chi connectivity index (χ1) is 19.5. The Balaban J connectivity index is 1.15. The van der Waals surface area contributed by atoms with Gasteiger partial charge in [-0.3, -0.25) is 19.7 Å². The third-order valence-electron chi connectivity index (χ3n) is 5.38. The zero-order valence-electron chi connectivity index (χ0n) is 20.4. The van der Waals surface area contributed by atoms with Crippen molar-refractivity contribution in [3.05, 3.63) is 76.3 Å². The first kappa shape index (κ1) is 28.8. The van der Waals surface area contributed by atoms with Gasteiger partial charge in [-0.25, -0.2) is 9.97 Å². The highest BCUT2D eigenvalue weighted by Crippen LogP contribution is 2.36. The second kappa shape index (κ2) is 12.0. The number of nitro groups is 1. The van der Waals surface area contributed by atoms with Crippen LogP contribution in [0.3, 0.4) is 0 Å². The Morgan fingerprint density at radius 2 is 1.44 bits per heavy atom. The molecule has 0 saturated heterocycles. The minimum absolute atomic E-state index is 0.0227. The van der Waals surface area contributed by atoms with Gasteiger partial charge in [-0.2, -0.15) is 13.2 Å². The lowest BCUT2D eigenvalue weighted by Gasteiger charge is -2.13. The minimum Gasteiger partial charge on any atom is -0.325 e. The summed E-state index contributed by atoms with van der Waals surface area (Å²) in [6.07, 6.45) is -4.59. The number of hydrogen-bond donors (Lipinski definition) is 2. The molecule has 3 aromatic carbocycles. The van der Waals surface area contributed by atoms with E-state index >= 15 is 0 Å². The molecule has 16 heteroatoms. The number of carbonyl (C=O) groups excluding carboxylic acids is 2. The molecule has 0 atom stereocenters. The van der Waals surface area contributed by atoms with Gasteiger partial charge >= 0.3 is 6.18 Å². The number of nitrogens with one attached hydrogen (secondary N) is 2. The molecule has 0 radical (unpaired) electrons. The first-order valence-corrected chi connectivity index (χ1v) is 15.1. The Hall–Kier alpha value is -3.73. The van der Waals surface area contributed by atoms with Gasteiger partial charge in [0.25, 0.3) is 5.69 Å². The van der Waals surface area contributed by atoms with Crippen LogP contribution in [0.15, 0.2) is 69.3 Å². The fourth-order valence-corrected chi connectivity index (χ4v) is 7.40. The number of fused-ring (bicyclic) bond motifs is 2. The van der Waals surface area contributed by atoms with Crippen molar-refractivity contribution in [1.29, 1.82) is 0 Å². The van der Waals surface area contributed by atoms with E-state index in [0.717, 1.165) is 22.5 Å². The number of alkyl halides is 3. The number of para-hydroxylation sites is 1. The molecular formula is C25H16F3N5O4S4. The van der Waals surface area contributed by atoms with E-state index < -0.39 is 22.6 Å². The summed E-state index contributed by atoms with van der Waals surface area (Å²) >= 11 is 4.88. The van der Waals surface area contributed by atoms with Gasteiger partial charge in [0.05, 0.1) is 48.1 Å². The maximum absolute atomic E-state index is 13.2. The Bertz CT molecular complexity index is 1790. The van der Waals surface area contributed by atoms with Crippen molar-refractivity contribution in [1.82, 2.24) is 9.97 Å². The Kier molecular flexibility index (Phi) is 8.44. The largest absolute Gasteiger partial charge is 0.418 e. The second-order valence-corrected chi connectivity index (χ2v) is 12.8. The highest BCUT2D eigenvalue weighted by Gasteiger charge is 2.33. The van der Waals surface area contributed by atoms with Crippen LogP contribution in [0.25, 0.3) is 20.4 Å². The van der Waals surface area contributed by atoms with Crippen molar-refractivity contribution in [2.75, 3.05) is 22.1 Å². The lowest BCUT2D eigenvalue weighted by molar-refractivity contribution is -0.384. The zero-order valence-corrected chi connectivity index (χ0v) is 23.7. The van der Waals surface area contributed by atoms with Crippen LogP contribution in [-0.4, -0.2) is 38.2 Å². The predicted octanol–water partition coefficient (Wildman–Crippen LogP) is 7.29. The molecule has 0 aliphatic rings. The quantitative estimate of drug-likeness (QED) is 0.0982. The van der Waals surface area contributed by atoms with Gasteiger partial charge in [0.1, 0.15) is 0 Å². The van der Waals surface area contributed by atoms with E-state index in [1.165, 1.54) is 64.8 Å². The fourth-order valence-electron chi connectivity index (χ4n) is 3.59. The summed E-state index contributed by atoms with van der Waals surface area (Å²) in [5.74, 6) is -0.917. The number of nitro benzene ring substituents is 1. The average Bonchev–Trinajstić information content (AvgIpc) is 3.53. The maximum atomic E-state index is 13.2. The molecule has 9 nitrogen and oxygen atoms in total. The number of thiazole rings is 2. The number of carbonyl (C=O) groups is 2. The third kappa shape index (κ3) is 7.13. The van der Waals surface area contributed by atoms with Crippen molar-refractivity contribution < 1.29 is 27.7 Å². The van der Waals surface area contributed by atoms with Gasteiger partial charge in [-0.05, 0) is 36.4 Å². The molecule has 0 aliphatic carbocycles. The normalized spacial score (nSPS) is 11.6. The molecule has 2 N–H and O–H groups in total. The van der Waals surface area contributed by atoms with E-state index in [0.29, 0.717) is 30.1 Å². The van der Waals surface area contributed by atoms with Gasteiger partial charge in [-0.1, -0.05) is 35.7 Å². The van der Waals surface area contributed by atoms with Crippen LogP contribution in [-0.2, 0) is 15.8 Å². The van der Waals surface area contributed by atoms with Crippen molar-refractivity contribution in [3.8, 4) is 0 Å². The van der Waals surface area contributed by atoms with Gasteiger partial charge < -0.3 is 10.6 Å². The summed E-state index contributed by atoms with van der Waals surface area (Å²) in [6, 6.07) is 14.3. The monoisotopic (exact) mass is 635 g/mol. The number of aromatic nitrogens is 2. The van der Waals surface area contributed by atoms with E-state index in [-0.39, 0.29) is 28.8 Å². The molecule has 5 aromatic rings. The van der Waals surface area contributed by atoms with Crippen LogP contribution in [0, 0.1) is 10.1 Å². The molecular weight excluding hydrogens is 620 g/mol. The number of halogens is 3. The van der Waals surface area contributed by atoms with Crippen molar-refractivity contribution >= 4 is 95.5 Å². The summed E-state index contributed by atoms with van der Waals surface area (Å²) in [5, 5.41) is 16.1. The number of rotatable bonds is 9. The number of nitrogens with zero attached hydrogens (tertiary/aromatic N) is 3. The molecule has 2 heterocycles. The highest BCUT2D eigenvalue weighted by molar-refractivity contribution is 8.02.